The van der Waals surface area contributed by atoms with Crippen LogP contribution in [0.2, 0.25) is 0 Å². The third-order valence-electron chi connectivity index (χ3n) is 3.87. The Labute approximate surface area is 132 Å². The van der Waals surface area contributed by atoms with E-state index in [1.165, 1.54) is 44.9 Å². The molecule has 1 atom stereocenters. The van der Waals surface area contributed by atoms with Crippen LogP contribution in [0.3, 0.4) is 0 Å². The summed E-state index contributed by atoms with van der Waals surface area (Å²) in [7, 11) is 0. The molecule has 0 saturated heterocycles. The lowest BCUT2D eigenvalue weighted by atomic mass is 10.1. The van der Waals surface area contributed by atoms with Gasteiger partial charge in [-0.1, -0.05) is 64.0 Å². The first-order chi connectivity index (χ1) is 10.2. The van der Waals surface area contributed by atoms with Gasteiger partial charge in [0.2, 0.25) is 0 Å². The molecular formula is C19H36O2. The first-order valence-corrected chi connectivity index (χ1v) is 8.99. The molecule has 0 aromatic carbocycles. The number of hydrogen-bond acceptors (Lipinski definition) is 2. The van der Waals surface area contributed by atoms with Crippen molar-refractivity contribution in [2.75, 3.05) is 0 Å². The molecule has 0 radical (unpaired) electrons. The number of carbonyl (C=O) groups excluding carboxylic acids is 1. The van der Waals surface area contributed by atoms with Gasteiger partial charge >= 0.3 is 0 Å². The van der Waals surface area contributed by atoms with Crippen LogP contribution in [0.5, 0.6) is 0 Å². The van der Waals surface area contributed by atoms with E-state index in [4.69, 9.17) is 0 Å². The zero-order chi connectivity index (χ0) is 15.8. The van der Waals surface area contributed by atoms with Crippen molar-refractivity contribution in [2.45, 2.75) is 103 Å². The first-order valence-electron chi connectivity index (χ1n) is 8.99. The van der Waals surface area contributed by atoms with Gasteiger partial charge in [-0.3, -0.25) is 0 Å². The summed E-state index contributed by atoms with van der Waals surface area (Å²) in [5, 5.41) is 9.81. The number of Topliss-reactive ketones (excluding diaryl/α,β-unsaturated/α-hetero) is 1. The smallest absolute Gasteiger partial charge is 0.129 e. The van der Waals surface area contributed by atoms with Crippen molar-refractivity contribution >= 4 is 5.78 Å². The molecule has 0 rings (SSSR count). The topological polar surface area (TPSA) is 37.3 Å². The normalized spacial score (nSPS) is 12.9. The Morgan fingerprint density at radius 3 is 2.33 bits per heavy atom. The van der Waals surface area contributed by atoms with Gasteiger partial charge in [0.05, 0.1) is 6.10 Å². The van der Waals surface area contributed by atoms with Gasteiger partial charge in [-0.15, -0.1) is 0 Å². The molecule has 21 heavy (non-hydrogen) atoms. The zero-order valence-corrected chi connectivity index (χ0v) is 14.3. The van der Waals surface area contributed by atoms with E-state index in [0.717, 1.165) is 38.5 Å². The Balaban J connectivity index is 3.26. The summed E-state index contributed by atoms with van der Waals surface area (Å²) in [6, 6.07) is 0. The van der Waals surface area contributed by atoms with Gasteiger partial charge in [-0.05, 0) is 39.0 Å². The molecule has 0 aliphatic heterocycles. The molecule has 0 amide bonds. The molecule has 0 bridgehead atoms. The highest BCUT2D eigenvalue weighted by atomic mass is 16.3. The quantitative estimate of drug-likeness (QED) is 0.316. The van der Waals surface area contributed by atoms with Crippen molar-refractivity contribution in [3.8, 4) is 0 Å². The van der Waals surface area contributed by atoms with Gasteiger partial charge in [-0.2, -0.15) is 0 Å². The van der Waals surface area contributed by atoms with Gasteiger partial charge in [0.1, 0.15) is 5.78 Å². The zero-order valence-electron chi connectivity index (χ0n) is 14.3. The van der Waals surface area contributed by atoms with E-state index in [0.29, 0.717) is 5.78 Å². The van der Waals surface area contributed by atoms with Crippen LogP contribution in [-0.2, 0) is 4.79 Å². The second-order valence-electron chi connectivity index (χ2n) is 6.22. The highest BCUT2D eigenvalue weighted by molar-refractivity contribution is 5.75. The minimum absolute atomic E-state index is 0.148. The van der Waals surface area contributed by atoms with Gasteiger partial charge in [0.25, 0.3) is 0 Å². The predicted molar refractivity (Wildman–Crippen MR) is 91.5 cm³/mol. The van der Waals surface area contributed by atoms with Crippen LogP contribution in [0.15, 0.2) is 12.2 Å². The Morgan fingerprint density at radius 1 is 0.952 bits per heavy atom. The standard InChI is InChI=1S/C19H36O2/c1-3-4-5-13-16-19(21)17-14-11-9-7-6-8-10-12-15-18(2)20/h11,14,19,21H,3-10,12-13,15-17H2,1-2H3/b14-11+. The molecule has 0 aliphatic rings. The summed E-state index contributed by atoms with van der Waals surface area (Å²) < 4.78 is 0. The third kappa shape index (κ3) is 17.3. The van der Waals surface area contributed by atoms with Gasteiger partial charge in [0, 0.05) is 6.42 Å². The fourth-order valence-corrected chi connectivity index (χ4v) is 2.46. The minimum Gasteiger partial charge on any atom is -0.393 e. The molecule has 0 saturated carbocycles. The highest BCUT2D eigenvalue weighted by Gasteiger charge is 2.00. The van der Waals surface area contributed by atoms with E-state index in [1.54, 1.807) is 6.92 Å². The van der Waals surface area contributed by atoms with Gasteiger partial charge in [0.15, 0.2) is 0 Å². The summed E-state index contributed by atoms with van der Waals surface area (Å²) in [5.41, 5.74) is 0. The molecule has 0 aromatic rings. The maximum absolute atomic E-state index is 10.8. The SMILES string of the molecule is CCCCCCC(O)C/C=C/CCCCCCCC(C)=O. The van der Waals surface area contributed by atoms with Crippen LogP contribution >= 0.6 is 0 Å². The van der Waals surface area contributed by atoms with E-state index in [9.17, 15) is 9.90 Å². The van der Waals surface area contributed by atoms with Gasteiger partial charge < -0.3 is 9.90 Å². The van der Waals surface area contributed by atoms with Crippen LogP contribution in [0, 0.1) is 0 Å². The number of hydrogen-bond donors (Lipinski definition) is 1. The first kappa shape index (κ1) is 20.4. The van der Waals surface area contributed by atoms with E-state index in [2.05, 4.69) is 19.1 Å². The van der Waals surface area contributed by atoms with Crippen LogP contribution < -0.4 is 0 Å². The fourth-order valence-electron chi connectivity index (χ4n) is 2.46. The molecule has 2 heteroatoms. The van der Waals surface area contributed by atoms with Crippen molar-refractivity contribution in [3.05, 3.63) is 12.2 Å². The molecule has 1 unspecified atom stereocenters. The second-order valence-corrected chi connectivity index (χ2v) is 6.22. The number of unbranched alkanes of at least 4 members (excludes halogenated alkanes) is 8. The maximum Gasteiger partial charge on any atom is 0.129 e. The van der Waals surface area contributed by atoms with Crippen molar-refractivity contribution in [1.29, 1.82) is 0 Å². The lowest BCUT2D eigenvalue weighted by molar-refractivity contribution is -0.117. The average molecular weight is 296 g/mol. The maximum atomic E-state index is 10.8. The van der Waals surface area contributed by atoms with Crippen molar-refractivity contribution < 1.29 is 9.90 Å². The Morgan fingerprint density at radius 2 is 1.62 bits per heavy atom. The number of allylic oxidation sites excluding steroid dienone is 1. The number of carbonyl (C=O) groups is 1. The van der Waals surface area contributed by atoms with Crippen molar-refractivity contribution in [1.82, 2.24) is 0 Å². The summed E-state index contributed by atoms with van der Waals surface area (Å²) in [5.74, 6) is 0.311. The van der Waals surface area contributed by atoms with Gasteiger partial charge in [-0.25, -0.2) is 0 Å². The van der Waals surface area contributed by atoms with E-state index in [-0.39, 0.29) is 6.10 Å². The summed E-state index contributed by atoms with van der Waals surface area (Å²) in [6.45, 7) is 3.88. The largest absolute Gasteiger partial charge is 0.393 e. The van der Waals surface area contributed by atoms with Crippen LogP contribution in [0.1, 0.15) is 97.3 Å². The van der Waals surface area contributed by atoms with Crippen molar-refractivity contribution in [3.63, 3.8) is 0 Å². The molecule has 0 fully saturated rings. The van der Waals surface area contributed by atoms with E-state index < -0.39 is 0 Å². The lowest BCUT2D eigenvalue weighted by Gasteiger charge is -2.07. The second kappa shape index (κ2) is 15.8. The monoisotopic (exact) mass is 296 g/mol. The fraction of sp³-hybridized carbons (Fsp3) is 0.842. The average Bonchev–Trinajstić information content (AvgIpc) is 2.45. The summed E-state index contributed by atoms with van der Waals surface area (Å²) in [6.07, 6.45) is 18.7. The Kier molecular flexibility index (Phi) is 15.3. The number of rotatable bonds is 15. The van der Waals surface area contributed by atoms with Crippen molar-refractivity contribution in [2.24, 2.45) is 0 Å². The Bertz CT molecular complexity index is 258. The number of aliphatic hydroxyl groups is 1. The third-order valence-corrected chi connectivity index (χ3v) is 3.87. The minimum atomic E-state index is -0.148. The lowest BCUT2D eigenvalue weighted by Crippen LogP contribution is -2.04. The van der Waals surface area contributed by atoms with E-state index >= 15 is 0 Å². The molecule has 2 nitrogen and oxygen atoms in total. The summed E-state index contributed by atoms with van der Waals surface area (Å²) >= 11 is 0. The van der Waals surface area contributed by atoms with Crippen LogP contribution in [-0.4, -0.2) is 17.0 Å². The molecular weight excluding hydrogens is 260 g/mol. The van der Waals surface area contributed by atoms with Crippen LogP contribution in [0.25, 0.3) is 0 Å². The molecule has 0 spiro atoms. The predicted octanol–water partition coefficient (Wildman–Crippen LogP) is 5.58. The molecule has 0 aliphatic carbocycles. The highest BCUT2D eigenvalue weighted by Crippen LogP contribution is 2.10. The van der Waals surface area contributed by atoms with Crippen LogP contribution in [0.4, 0.5) is 0 Å². The molecule has 1 N–H and O–H groups in total. The number of ketones is 1. The Hall–Kier alpha value is -0.630. The summed E-state index contributed by atoms with van der Waals surface area (Å²) in [4.78, 5) is 10.8. The number of aliphatic hydroxyl groups excluding tert-OH is 1. The van der Waals surface area contributed by atoms with E-state index in [1.807, 2.05) is 0 Å². The molecule has 0 aromatic heterocycles. The molecule has 124 valence electrons. The molecule has 0 heterocycles.